The van der Waals surface area contributed by atoms with E-state index in [1.165, 1.54) is 57.0 Å². The van der Waals surface area contributed by atoms with Crippen molar-refractivity contribution in [1.29, 1.82) is 0 Å². The average Bonchev–Trinajstić information content (AvgIpc) is 3.12. The van der Waals surface area contributed by atoms with Crippen molar-refractivity contribution < 1.29 is 4.92 Å². The number of aryl methyl sites for hydroxylation is 2. The van der Waals surface area contributed by atoms with Crippen LogP contribution in [0.1, 0.15) is 24.0 Å². The Balaban J connectivity index is 1.59. The van der Waals surface area contributed by atoms with Crippen LogP contribution in [0.2, 0.25) is 0 Å². The normalized spacial score (nSPS) is 13.7. The number of hydrogen-bond donors (Lipinski definition) is 0. The van der Waals surface area contributed by atoms with Gasteiger partial charge in [-0.2, -0.15) is 0 Å². The van der Waals surface area contributed by atoms with Crippen molar-refractivity contribution in [3.05, 3.63) is 82.0 Å². The molecule has 5 heteroatoms. The Morgan fingerprint density at radius 1 is 0.833 bits per heavy atom. The second-order valence-corrected chi connectivity index (χ2v) is 9.04. The lowest BCUT2D eigenvalue weighted by molar-refractivity contribution is -0.384. The molecule has 30 heavy (non-hydrogen) atoms. The minimum atomic E-state index is -0.373. The molecule has 6 rings (SSSR count). The summed E-state index contributed by atoms with van der Waals surface area (Å²) in [4.78, 5) is 15.2. The van der Waals surface area contributed by atoms with E-state index in [2.05, 4.69) is 29.2 Å². The molecule has 0 radical (unpaired) electrons. The third-order valence-corrected chi connectivity index (χ3v) is 7.29. The number of hydrogen-bond acceptors (Lipinski definition) is 4. The molecule has 0 amide bonds. The van der Waals surface area contributed by atoms with Gasteiger partial charge in [-0.25, -0.2) is 0 Å². The minimum absolute atomic E-state index is 0.0926. The van der Waals surface area contributed by atoms with E-state index in [4.69, 9.17) is 0 Å². The number of aromatic nitrogens is 1. The van der Waals surface area contributed by atoms with Crippen molar-refractivity contribution in [2.75, 3.05) is 0 Å². The highest BCUT2D eigenvalue weighted by Gasteiger charge is 2.15. The van der Waals surface area contributed by atoms with E-state index in [1.807, 2.05) is 23.6 Å². The zero-order chi connectivity index (χ0) is 20.2. The third-order valence-electron chi connectivity index (χ3n) is 6.17. The van der Waals surface area contributed by atoms with E-state index < -0.39 is 0 Å². The molecule has 0 saturated heterocycles. The van der Waals surface area contributed by atoms with Crippen LogP contribution in [-0.4, -0.2) is 9.91 Å². The molecular weight excluding hydrogens is 392 g/mol. The van der Waals surface area contributed by atoms with Crippen molar-refractivity contribution in [2.24, 2.45) is 0 Å². The van der Waals surface area contributed by atoms with Crippen LogP contribution in [0, 0.1) is 10.1 Å². The highest BCUT2D eigenvalue weighted by Crippen LogP contribution is 2.40. The standard InChI is InChI=1S/C25H18N2O2S/c28-27(29)19-7-5-15(6-8-19)25-20-14-22-21-11-16-3-1-2-4-17(16)12-23(21)30-24(22)13-18(20)9-10-26-25/h5-14H,1-4H2. The van der Waals surface area contributed by atoms with Gasteiger partial charge < -0.3 is 0 Å². The molecule has 0 N–H and O–H groups in total. The Kier molecular flexibility index (Phi) is 3.86. The minimum Gasteiger partial charge on any atom is -0.258 e. The number of fused-ring (bicyclic) bond motifs is 5. The van der Waals surface area contributed by atoms with Gasteiger partial charge in [-0.05, 0) is 84.7 Å². The Bertz CT molecular complexity index is 1470. The molecule has 0 atom stereocenters. The number of rotatable bonds is 2. The van der Waals surface area contributed by atoms with Gasteiger partial charge in [0.1, 0.15) is 0 Å². The summed E-state index contributed by atoms with van der Waals surface area (Å²) in [6, 6.07) is 18.0. The second-order valence-electron chi connectivity index (χ2n) is 7.96. The number of nitrogens with zero attached hydrogens (tertiary/aromatic N) is 2. The van der Waals surface area contributed by atoms with Crippen molar-refractivity contribution in [2.45, 2.75) is 25.7 Å². The predicted molar refractivity (Wildman–Crippen MR) is 123 cm³/mol. The van der Waals surface area contributed by atoms with Gasteiger partial charge >= 0.3 is 0 Å². The van der Waals surface area contributed by atoms with Crippen LogP contribution >= 0.6 is 11.3 Å². The molecule has 2 heterocycles. The molecule has 1 aliphatic carbocycles. The van der Waals surface area contributed by atoms with Gasteiger partial charge in [-0.3, -0.25) is 15.1 Å². The fourth-order valence-electron chi connectivity index (χ4n) is 4.64. The van der Waals surface area contributed by atoms with Crippen LogP contribution in [0.5, 0.6) is 0 Å². The second kappa shape index (κ2) is 6.61. The fourth-order valence-corrected chi connectivity index (χ4v) is 5.82. The Morgan fingerprint density at radius 3 is 2.30 bits per heavy atom. The molecular formula is C25H18N2O2S. The summed E-state index contributed by atoms with van der Waals surface area (Å²) >= 11 is 1.86. The molecule has 146 valence electrons. The SMILES string of the molecule is O=[N+]([O-])c1ccc(-c2nccc3cc4sc5cc6c(cc5c4cc23)CCCC6)cc1. The fraction of sp³-hybridized carbons (Fsp3) is 0.160. The Morgan fingerprint density at radius 2 is 1.53 bits per heavy atom. The first-order chi connectivity index (χ1) is 14.7. The van der Waals surface area contributed by atoms with Crippen LogP contribution in [0.4, 0.5) is 5.69 Å². The number of nitro benzene ring substituents is 1. The number of thiophene rings is 1. The smallest absolute Gasteiger partial charge is 0.258 e. The summed E-state index contributed by atoms with van der Waals surface area (Å²) in [5.74, 6) is 0. The average molecular weight is 410 g/mol. The van der Waals surface area contributed by atoms with E-state index in [-0.39, 0.29) is 10.6 Å². The Labute approximate surface area is 177 Å². The molecule has 0 spiro atoms. The molecule has 3 aromatic carbocycles. The first kappa shape index (κ1) is 17.5. The van der Waals surface area contributed by atoms with E-state index in [1.54, 1.807) is 24.3 Å². The molecule has 0 aliphatic heterocycles. The van der Waals surface area contributed by atoms with Crippen molar-refractivity contribution in [3.63, 3.8) is 0 Å². The lowest BCUT2D eigenvalue weighted by atomic mass is 9.90. The molecule has 0 saturated carbocycles. The summed E-state index contributed by atoms with van der Waals surface area (Å²) in [5.41, 5.74) is 4.85. The summed E-state index contributed by atoms with van der Waals surface area (Å²) in [6.45, 7) is 0. The lowest BCUT2D eigenvalue weighted by Gasteiger charge is -2.15. The van der Waals surface area contributed by atoms with Crippen molar-refractivity contribution in [3.8, 4) is 11.3 Å². The Hall–Kier alpha value is -3.31. The molecule has 0 fully saturated rings. The summed E-state index contributed by atoms with van der Waals surface area (Å²) in [7, 11) is 0. The molecule has 0 unspecified atom stereocenters. The van der Waals surface area contributed by atoms with Gasteiger partial charge in [0.05, 0.1) is 10.6 Å². The molecule has 5 aromatic rings. The zero-order valence-corrected chi connectivity index (χ0v) is 17.0. The molecule has 4 nitrogen and oxygen atoms in total. The van der Waals surface area contributed by atoms with Gasteiger partial charge in [0, 0.05) is 49.5 Å². The maximum absolute atomic E-state index is 11.0. The molecule has 0 bridgehead atoms. The summed E-state index contributed by atoms with van der Waals surface area (Å²) < 4.78 is 2.64. The van der Waals surface area contributed by atoms with Crippen molar-refractivity contribution in [1.82, 2.24) is 4.98 Å². The van der Waals surface area contributed by atoms with Crippen LogP contribution in [0.25, 0.3) is 42.2 Å². The molecule has 1 aliphatic rings. The largest absolute Gasteiger partial charge is 0.269 e. The van der Waals surface area contributed by atoms with Gasteiger partial charge in [0.15, 0.2) is 0 Å². The van der Waals surface area contributed by atoms with Gasteiger partial charge in [-0.15, -0.1) is 11.3 Å². The highest BCUT2D eigenvalue weighted by atomic mass is 32.1. The first-order valence-electron chi connectivity index (χ1n) is 10.2. The lowest BCUT2D eigenvalue weighted by Crippen LogP contribution is -2.01. The highest BCUT2D eigenvalue weighted by molar-refractivity contribution is 7.25. The summed E-state index contributed by atoms with van der Waals surface area (Å²) in [5, 5.41) is 15.8. The third kappa shape index (κ3) is 2.70. The van der Waals surface area contributed by atoms with E-state index in [0.717, 1.165) is 22.0 Å². The van der Waals surface area contributed by atoms with E-state index >= 15 is 0 Å². The predicted octanol–water partition coefficient (Wildman–Crippen LogP) is 7.06. The monoisotopic (exact) mass is 410 g/mol. The quantitative estimate of drug-likeness (QED) is 0.231. The van der Waals surface area contributed by atoms with Gasteiger partial charge in [0.25, 0.3) is 5.69 Å². The molecule has 2 aromatic heterocycles. The van der Waals surface area contributed by atoms with Crippen molar-refractivity contribution >= 4 is 48.0 Å². The zero-order valence-electron chi connectivity index (χ0n) is 16.2. The number of nitro groups is 1. The van der Waals surface area contributed by atoms with Crippen LogP contribution in [0.3, 0.4) is 0 Å². The van der Waals surface area contributed by atoms with Crippen LogP contribution < -0.4 is 0 Å². The first-order valence-corrected chi connectivity index (χ1v) is 11.0. The van der Waals surface area contributed by atoms with Gasteiger partial charge in [-0.1, -0.05) is 0 Å². The van der Waals surface area contributed by atoms with Crippen LogP contribution in [-0.2, 0) is 12.8 Å². The maximum atomic E-state index is 11.0. The number of pyridine rings is 1. The van der Waals surface area contributed by atoms with E-state index in [9.17, 15) is 10.1 Å². The number of benzene rings is 3. The number of non-ortho nitro benzene ring substituents is 1. The topological polar surface area (TPSA) is 56.0 Å². The van der Waals surface area contributed by atoms with Gasteiger partial charge in [0.2, 0.25) is 0 Å². The maximum Gasteiger partial charge on any atom is 0.269 e. The van der Waals surface area contributed by atoms with Crippen LogP contribution in [0.15, 0.2) is 60.8 Å². The summed E-state index contributed by atoms with van der Waals surface area (Å²) in [6.07, 6.45) is 6.74. The van der Waals surface area contributed by atoms with E-state index in [0.29, 0.717) is 0 Å².